The van der Waals surface area contributed by atoms with Gasteiger partial charge in [0.15, 0.2) is 0 Å². The lowest BCUT2D eigenvalue weighted by atomic mass is 10.0. The summed E-state index contributed by atoms with van der Waals surface area (Å²) in [5.41, 5.74) is 0. The summed E-state index contributed by atoms with van der Waals surface area (Å²) < 4.78 is 5.94. The fraction of sp³-hybridized carbons (Fsp3) is 0.795. The third-order valence-corrected chi connectivity index (χ3v) is 8.13. The van der Waals surface area contributed by atoms with Gasteiger partial charge in [-0.3, -0.25) is 9.59 Å². The van der Waals surface area contributed by atoms with Crippen molar-refractivity contribution in [1.29, 1.82) is 0 Å². The fourth-order valence-corrected chi connectivity index (χ4v) is 5.43. The van der Waals surface area contributed by atoms with Gasteiger partial charge in [0.2, 0.25) is 0 Å². The number of hydrogen-bond acceptors (Lipinski definition) is 3. The van der Waals surface area contributed by atoms with Crippen LogP contribution >= 0.6 is 0 Å². The molecule has 0 saturated carbocycles. The Kier molecular flexibility index (Phi) is 33.2. The molecule has 0 spiro atoms. The van der Waals surface area contributed by atoms with Gasteiger partial charge in [-0.1, -0.05) is 147 Å². The summed E-state index contributed by atoms with van der Waals surface area (Å²) >= 11 is 0. The molecule has 1 atom stereocenters. The highest BCUT2D eigenvalue weighted by molar-refractivity contribution is 5.69. The first kappa shape index (κ1) is 41.2. The van der Waals surface area contributed by atoms with Gasteiger partial charge in [-0.25, -0.2) is 0 Å². The Morgan fingerprint density at radius 2 is 0.977 bits per heavy atom. The summed E-state index contributed by atoms with van der Waals surface area (Å²) in [7, 11) is 0. The molecule has 0 fully saturated rings. The molecule has 4 nitrogen and oxygen atoms in total. The second-order valence-electron chi connectivity index (χ2n) is 12.4. The van der Waals surface area contributed by atoms with E-state index in [4.69, 9.17) is 9.84 Å². The van der Waals surface area contributed by atoms with Gasteiger partial charge in [0.25, 0.3) is 0 Å². The lowest BCUT2D eigenvalue weighted by molar-refractivity contribution is -0.150. The van der Waals surface area contributed by atoms with Crippen LogP contribution < -0.4 is 0 Å². The molecule has 0 aliphatic carbocycles. The summed E-state index contributed by atoms with van der Waals surface area (Å²) in [6, 6.07) is 0. The van der Waals surface area contributed by atoms with Crippen LogP contribution in [0.3, 0.4) is 0 Å². The largest absolute Gasteiger partial charge is 0.481 e. The van der Waals surface area contributed by atoms with Gasteiger partial charge in [0.1, 0.15) is 6.10 Å². The number of unbranched alkanes of at least 4 members (excludes halogenated alkanes) is 18. The molecule has 0 aromatic heterocycles. The number of esters is 1. The van der Waals surface area contributed by atoms with Crippen molar-refractivity contribution in [3.63, 3.8) is 0 Å². The van der Waals surface area contributed by atoms with Crippen LogP contribution in [0.25, 0.3) is 0 Å². The van der Waals surface area contributed by atoms with Crippen molar-refractivity contribution >= 4 is 11.9 Å². The van der Waals surface area contributed by atoms with Crippen molar-refractivity contribution in [3.8, 4) is 0 Å². The number of carbonyl (C=O) groups is 2. The van der Waals surface area contributed by atoms with Crippen LogP contribution in [0.4, 0.5) is 0 Å². The van der Waals surface area contributed by atoms with E-state index in [-0.39, 0.29) is 12.1 Å². The Balaban J connectivity index is 3.78. The molecule has 43 heavy (non-hydrogen) atoms. The molecule has 0 bridgehead atoms. The first-order chi connectivity index (χ1) is 21.1. The Morgan fingerprint density at radius 1 is 0.535 bits per heavy atom. The summed E-state index contributed by atoms with van der Waals surface area (Å²) in [6.07, 6.45) is 44.7. The first-order valence-electron chi connectivity index (χ1n) is 18.5. The number of carbonyl (C=O) groups excluding carboxylic acids is 1. The lowest BCUT2D eigenvalue weighted by Gasteiger charge is -2.18. The molecule has 0 aromatic carbocycles. The predicted molar refractivity (Wildman–Crippen MR) is 186 cm³/mol. The average molecular weight is 603 g/mol. The predicted octanol–water partition coefficient (Wildman–Crippen LogP) is 12.6. The van der Waals surface area contributed by atoms with Crippen LogP contribution in [-0.4, -0.2) is 23.1 Å². The van der Waals surface area contributed by atoms with E-state index in [1.54, 1.807) is 0 Å². The third kappa shape index (κ3) is 34.5. The van der Waals surface area contributed by atoms with Crippen LogP contribution in [0.5, 0.6) is 0 Å². The van der Waals surface area contributed by atoms with Crippen molar-refractivity contribution < 1.29 is 19.4 Å². The van der Waals surface area contributed by atoms with Crippen molar-refractivity contribution in [2.24, 2.45) is 0 Å². The van der Waals surface area contributed by atoms with Gasteiger partial charge >= 0.3 is 11.9 Å². The second kappa shape index (κ2) is 34.6. The monoisotopic (exact) mass is 603 g/mol. The Labute approximate surface area is 267 Å². The maximum atomic E-state index is 12.5. The van der Waals surface area contributed by atoms with E-state index in [1.807, 2.05) is 0 Å². The molecule has 0 saturated heterocycles. The molecule has 1 N–H and O–H groups in total. The lowest BCUT2D eigenvalue weighted by Crippen LogP contribution is -2.18. The molecule has 0 aromatic rings. The van der Waals surface area contributed by atoms with E-state index in [0.29, 0.717) is 12.8 Å². The Hall–Kier alpha value is -1.84. The molecule has 0 aliphatic rings. The normalized spacial score (nSPS) is 12.6. The van der Waals surface area contributed by atoms with Gasteiger partial charge in [0, 0.05) is 12.8 Å². The second-order valence-corrected chi connectivity index (χ2v) is 12.4. The molecule has 0 radical (unpaired) electrons. The molecule has 0 amide bonds. The maximum Gasteiger partial charge on any atom is 0.306 e. The molecule has 0 rings (SSSR count). The van der Waals surface area contributed by atoms with Crippen LogP contribution in [0.1, 0.15) is 194 Å². The number of carboxylic acids is 1. The SMILES string of the molecule is CC/C=C\C/C=C\C/C=C\CCCCCCCCCCCC(=O)OC(CCCCCC)CCCCCCCCCC(=O)O. The highest BCUT2D eigenvalue weighted by atomic mass is 16.5. The van der Waals surface area contributed by atoms with Crippen molar-refractivity contribution in [3.05, 3.63) is 36.5 Å². The smallest absolute Gasteiger partial charge is 0.306 e. The van der Waals surface area contributed by atoms with Gasteiger partial charge in [-0.05, 0) is 70.6 Å². The van der Waals surface area contributed by atoms with Crippen molar-refractivity contribution in [2.75, 3.05) is 0 Å². The zero-order chi connectivity index (χ0) is 31.5. The van der Waals surface area contributed by atoms with E-state index < -0.39 is 5.97 Å². The number of carboxylic acid groups (broad SMARTS) is 1. The van der Waals surface area contributed by atoms with Gasteiger partial charge in [-0.15, -0.1) is 0 Å². The summed E-state index contributed by atoms with van der Waals surface area (Å²) in [4.78, 5) is 23.1. The van der Waals surface area contributed by atoms with Crippen LogP contribution in [0.15, 0.2) is 36.5 Å². The number of rotatable bonds is 33. The standard InChI is InChI=1S/C39H70O4/c1-3-5-7-9-10-11-12-13-14-15-16-17-18-19-20-21-25-28-32-36-39(42)43-37(33-29-8-6-4-2)34-30-26-23-22-24-27-31-35-38(40)41/h5,7,10-11,13-14,37H,3-4,6,8-9,12,15-36H2,1-2H3,(H,40,41)/b7-5-,11-10-,14-13-. The van der Waals surface area contributed by atoms with Crippen LogP contribution in [0.2, 0.25) is 0 Å². The molecule has 0 heterocycles. The maximum absolute atomic E-state index is 12.5. The molecule has 0 aliphatic heterocycles. The van der Waals surface area contributed by atoms with E-state index in [1.165, 1.54) is 89.9 Å². The first-order valence-corrected chi connectivity index (χ1v) is 18.5. The minimum atomic E-state index is -0.689. The van der Waals surface area contributed by atoms with Gasteiger partial charge in [0.05, 0.1) is 0 Å². The van der Waals surface area contributed by atoms with Gasteiger partial charge < -0.3 is 9.84 Å². The zero-order valence-electron chi connectivity index (χ0n) is 28.5. The van der Waals surface area contributed by atoms with Crippen molar-refractivity contribution in [1.82, 2.24) is 0 Å². The van der Waals surface area contributed by atoms with E-state index in [9.17, 15) is 9.59 Å². The molecule has 250 valence electrons. The molecule has 1 unspecified atom stereocenters. The van der Waals surface area contributed by atoms with Crippen molar-refractivity contribution in [2.45, 2.75) is 200 Å². The quantitative estimate of drug-likeness (QED) is 0.0461. The Morgan fingerprint density at radius 3 is 1.51 bits per heavy atom. The number of ether oxygens (including phenoxy) is 1. The minimum absolute atomic E-state index is 0.00752. The van der Waals surface area contributed by atoms with Gasteiger partial charge in [-0.2, -0.15) is 0 Å². The number of allylic oxidation sites excluding steroid dienone is 6. The topological polar surface area (TPSA) is 63.6 Å². The molecular weight excluding hydrogens is 532 g/mol. The summed E-state index contributed by atoms with van der Waals surface area (Å²) in [6.45, 7) is 4.40. The molecule has 4 heteroatoms. The highest BCUT2D eigenvalue weighted by Crippen LogP contribution is 2.18. The van der Waals surface area contributed by atoms with E-state index in [2.05, 4.69) is 50.3 Å². The third-order valence-electron chi connectivity index (χ3n) is 8.13. The van der Waals surface area contributed by atoms with Crippen LogP contribution in [-0.2, 0) is 14.3 Å². The fourth-order valence-electron chi connectivity index (χ4n) is 5.43. The molecular formula is C39H70O4. The minimum Gasteiger partial charge on any atom is -0.481 e. The summed E-state index contributed by atoms with van der Waals surface area (Å²) in [5, 5.41) is 8.72. The Bertz CT molecular complexity index is 693. The van der Waals surface area contributed by atoms with E-state index >= 15 is 0 Å². The van der Waals surface area contributed by atoms with E-state index in [0.717, 1.165) is 77.0 Å². The number of aliphatic carboxylic acids is 1. The zero-order valence-corrected chi connectivity index (χ0v) is 28.5. The average Bonchev–Trinajstić information content (AvgIpc) is 2.99. The number of hydrogen-bond donors (Lipinski definition) is 1. The highest BCUT2D eigenvalue weighted by Gasteiger charge is 2.14. The summed E-state index contributed by atoms with van der Waals surface area (Å²) in [5.74, 6) is -0.682. The van der Waals surface area contributed by atoms with Crippen LogP contribution in [0, 0.1) is 0 Å².